The molecule has 0 spiro atoms. The molecule has 1 unspecified atom stereocenters. The van der Waals surface area contributed by atoms with Crippen LogP contribution in [0.2, 0.25) is 0 Å². The Hall–Kier alpha value is -1.05. The monoisotopic (exact) mass is 235 g/mol. The van der Waals surface area contributed by atoms with Crippen LogP contribution in [0.5, 0.6) is 0 Å². The Morgan fingerprint density at radius 1 is 1.24 bits per heavy atom. The van der Waals surface area contributed by atoms with E-state index < -0.39 is 0 Å². The van der Waals surface area contributed by atoms with E-state index in [0.717, 1.165) is 5.56 Å². The topological polar surface area (TPSA) is 12.0 Å². The maximum Gasteiger partial charge on any atom is 0.146 e. The van der Waals surface area contributed by atoms with E-state index in [1.165, 1.54) is 38.2 Å². The van der Waals surface area contributed by atoms with Crippen LogP contribution in [0.4, 0.5) is 10.1 Å². The van der Waals surface area contributed by atoms with Crippen LogP contribution >= 0.6 is 0 Å². The van der Waals surface area contributed by atoms with Crippen molar-refractivity contribution in [1.29, 1.82) is 0 Å². The number of hydrogen-bond donors (Lipinski definition) is 1. The number of halogens is 1. The van der Waals surface area contributed by atoms with E-state index in [1.807, 2.05) is 13.0 Å². The number of hydrogen-bond acceptors (Lipinski definition) is 1. The van der Waals surface area contributed by atoms with Gasteiger partial charge in [-0.2, -0.15) is 0 Å². The molecule has 2 heteroatoms. The van der Waals surface area contributed by atoms with Gasteiger partial charge in [0, 0.05) is 6.04 Å². The maximum atomic E-state index is 13.7. The predicted octanol–water partition coefficient (Wildman–Crippen LogP) is 4.51. The van der Waals surface area contributed by atoms with Crippen molar-refractivity contribution in [2.75, 3.05) is 5.32 Å². The van der Waals surface area contributed by atoms with Gasteiger partial charge in [-0.15, -0.1) is 0 Å². The number of benzene rings is 1. The highest BCUT2D eigenvalue weighted by Gasteiger charge is 2.21. The van der Waals surface area contributed by atoms with E-state index in [4.69, 9.17) is 0 Å². The molecule has 0 amide bonds. The molecular weight excluding hydrogens is 213 g/mol. The second-order valence-electron chi connectivity index (χ2n) is 5.26. The molecular formula is C15H22FN. The van der Waals surface area contributed by atoms with Gasteiger partial charge in [0.15, 0.2) is 0 Å². The Balaban J connectivity index is 2.04. The van der Waals surface area contributed by atoms with Crippen LogP contribution in [-0.2, 0) is 0 Å². The van der Waals surface area contributed by atoms with Gasteiger partial charge in [-0.1, -0.05) is 31.4 Å². The molecule has 1 saturated carbocycles. The van der Waals surface area contributed by atoms with Gasteiger partial charge in [0.2, 0.25) is 0 Å². The normalized spacial score (nSPS) is 19.0. The first-order valence-corrected chi connectivity index (χ1v) is 6.70. The second-order valence-corrected chi connectivity index (χ2v) is 5.26. The van der Waals surface area contributed by atoms with Gasteiger partial charge < -0.3 is 5.32 Å². The van der Waals surface area contributed by atoms with Crippen LogP contribution < -0.4 is 5.32 Å². The third kappa shape index (κ3) is 2.99. The van der Waals surface area contributed by atoms with Gasteiger partial charge in [0.05, 0.1) is 5.69 Å². The summed E-state index contributed by atoms with van der Waals surface area (Å²) < 4.78 is 13.7. The minimum atomic E-state index is -0.132. The van der Waals surface area contributed by atoms with Crippen molar-refractivity contribution < 1.29 is 4.39 Å². The standard InChI is InChI=1S/C15H22FN/c1-11-7-6-10-14(16)15(11)17-12(2)13-8-4-3-5-9-13/h6-7,10,12-13,17H,3-5,8-9H2,1-2H3. The van der Waals surface area contributed by atoms with E-state index >= 15 is 0 Å². The summed E-state index contributed by atoms with van der Waals surface area (Å²) >= 11 is 0. The molecule has 0 aromatic heterocycles. The summed E-state index contributed by atoms with van der Waals surface area (Å²) in [4.78, 5) is 0. The van der Waals surface area contributed by atoms with Gasteiger partial charge in [0.25, 0.3) is 0 Å². The second kappa shape index (κ2) is 5.52. The molecule has 1 N–H and O–H groups in total. The first-order chi connectivity index (χ1) is 8.18. The summed E-state index contributed by atoms with van der Waals surface area (Å²) in [7, 11) is 0. The van der Waals surface area contributed by atoms with Gasteiger partial charge in [-0.3, -0.25) is 0 Å². The molecule has 17 heavy (non-hydrogen) atoms. The van der Waals surface area contributed by atoms with E-state index in [-0.39, 0.29) is 5.82 Å². The Morgan fingerprint density at radius 2 is 1.94 bits per heavy atom. The van der Waals surface area contributed by atoms with Crippen molar-refractivity contribution in [3.05, 3.63) is 29.6 Å². The van der Waals surface area contributed by atoms with Crippen molar-refractivity contribution in [2.24, 2.45) is 5.92 Å². The molecule has 1 aliphatic carbocycles. The van der Waals surface area contributed by atoms with Crippen LogP contribution in [0.15, 0.2) is 18.2 Å². The minimum absolute atomic E-state index is 0.132. The molecule has 0 heterocycles. The first-order valence-electron chi connectivity index (χ1n) is 6.70. The fraction of sp³-hybridized carbons (Fsp3) is 0.600. The zero-order valence-electron chi connectivity index (χ0n) is 10.8. The number of anilines is 1. The average molecular weight is 235 g/mol. The highest BCUT2D eigenvalue weighted by Crippen LogP contribution is 2.29. The average Bonchev–Trinajstić information content (AvgIpc) is 2.35. The lowest BCUT2D eigenvalue weighted by atomic mass is 9.84. The van der Waals surface area contributed by atoms with Crippen molar-refractivity contribution in [3.63, 3.8) is 0 Å². The molecule has 0 radical (unpaired) electrons. The number of aryl methyl sites for hydroxylation is 1. The highest BCUT2D eigenvalue weighted by molar-refractivity contribution is 5.52. The largest absolute Gasteiger partial charge is 0.380 e. The third-order valence-corrected chi connectivity index (χ3v) is 3.95. The van der Waals surface area contributed by atoms with Crippen molar-refractivity contribution in [2.45, 2.75) is 52.0 Å². The summed E-state index contributed by atoms with van der Waals surface area (Å²) in [6.07, 6.45) is 6.57. The van der Waals surface area contributed by atoms with Gasteiger partial charge >= 0.3 is 0 Å². The summed E-state index contributed by atoms with van der Waals surface area (Å²) in [6, 6.07) is 5.62. The number of para-hydroxylation sites is 1. The highest BCUT2D eigenvalue weighted by atomic mass is 19.1. The van der Waals surface area contributed by atoms with E-state index in [0.29, 0.717) is 17.6 Å². The van der Waals surface area contributed by atoms with E-state index in [1.54, 1.807) is 6.07 Å². The molecule has 2 rings (SSSR count). The molecule has 94 valence electrons. The molecule has 1 aliphatic rings. The van der Waals surface area contributed by atoms with Crippen LogP contribution in [-0.4, -0.2) is 6.04 Å². The van der Waals surface area contributed by atoms with Gasteiger partial charge in [0.1, 0.15) is 5.82 Å². The van der Waals surface area contributed by atoms with E-state index in [2.05, 4.69) is 12.2 Å². The van der Waals surface area contributed by atoms with Gasteiger partial charge in [-0.25, -0.2) is 4.39 Å². The molecule has 0 saturated heterocycles. The van der Waals surface area contributed by atoms with Crippen molar-refractivity contribution in [3.8, 4) is 0 Å². The number of nitrogens with one attached hydrogen (secondary N) is 1. The Morgan fingerprint density at radius 3 is 2.59 bits per heavy atom. The maximum absolute atomic E-state index is 13.7. The van der Waals surface area contributed by atoms with E-state index in [9.17, 15) is 4.39 Å². The number of rotatable bonds is 3. The lowest BCUT2D eigenvalue weighted by Gasteiger charge is -2.29. The molecule has 1 fully saturated rings. The van der Waals surface area contributed by atoms with Crippen LogP contribution in [0.25, 0.3) is 0 Å². The van der Waals surface area contributed by atoms with Gasteiger partial charge in [-0.05, 0) is 44.2 Å². The third-order valence-electron chi connectivity index (χ3n) is 3.95. The fourth-order valence-corrected chi connectivity index (χ4v) is 2.79. The minimum Gasteiger partial charge on any atom is -0.380 e. The zero-order valence-corrected chi connectivity index (χ0v) is 10.8. The SMILES string of the molecule is Cc1cccc(F)c1NC(C)C1CCCCC1. The van der Waals surface area contributed by atoms with Crippen LogP contribution in [0.1, 0.15) is 44.6 Å². The molecule has 0 bridgehead atoms. The predicted molar refractivity (Wildman–Crippen MR) is 70.8 cm³/mol. The Labute approximate surface area is 103 Å². The fourth-order valence-electron chi connectivity index (χ4n) is 2.79. The summed E-state index contributed by atoms with van der Waals surface area (Å²) in [5.74, 6) is 0.565. The van der Waals surface area contributed by atoms with Crippen LogP contribution in [0.3, 0.4) is 0 Å². The smallest absolute Gasteiger partial charge is 0.146 e. The summed E-state index contributed by atoms with van der Waals surface area (Å²) in [5.41, 5.74) is 1.68. The summed E-state index contributed by atoms with van der Waals surface area (Å²) in [6.45, 7) is 4.14. The molecule has 1 aromatic rings. The Bertz CT molecular complexity index is 349. The van der Waals surface area contributed by atoms with Crippen LogP contribution in [0, 0.1) is 18.7 Å². The quantitative estimate of drug-likeness (QED) is 0.812. The summed E-state index contributed by atoms with van der Waals surface area (Å²) in [5, 5.41) is 3.37. The van der Waals surface area contributed by atoms with Crippen molar-refractivity contribution in [1.82, 2.24) is 0 Å². The zero-order chi connectivity index (χ0) is 12.3. The molecule has 1 nitrogen and oxygen atoms in total. The first kappa shape index (κ1) is 12.4. The lowest BCUT2D eigenvalue weighted by molar-refractivity contribution is 0.328. The lowest BCUT2D eigenvalue weighted by Crippen LogP contribution is -2.28. The van der Waals surface area contributed by atoms with Crippen molar-refractivity contribution >= 4 is 5.69 Å². The molecule has 1 atom stereocenters. The molecule has 0 aliphatic heterocycles. The Kier molecular flexibility index (Phi) is 4.03. The molecule has 1 aromatic carbocycles.